The van der Waals surface area contributed by atoms with Gasteiger partial charge in [0.2, 0.25) is 0 Å². The zero-order chi connectivity index (χ0) is 14.1. The number of nitrogens with zero attached hydrogens (tertiary/aromatic N) is 2. The number of benzene rings is 1. The summed E-state index contributed by atoms with van der Waals surface area (Å²) >= 11 is 0. The Hall–Kier alpha value is -1.79. The van der Waals surface area contributed by atoms with E-state index in [1.807, 2.05) is 12.1 Å². The van der Waals surface area contributed by atoms with Crippen LogP contribution in [-0.2, 0) is 13.6 Å². The van der Waals surface area contributed by atoms with E-state index in [4.69, 9.17) is 0 Å². The predicted octanol–water partition coefficient (Wildman–Crippen LogP) is 2.01. The molecule has 1 N–H and O–H groups in total. The molecular formula is C17H22N3+. The lowest BCUT2D eigenvalue weighted by molar-refractivity contribution is -0.942. The van der Waals surface area contributed by atoms with Crippen molar-refractivity contribution in [2.75, 3.05) is 6.54 Å². The van der Waals surface area contributed by atoms with Crippen molar-refractivity contribution in [3.8, 4) is 6.07 Å². The van der Waals surface area contributed by atoms with Crippen molar-refractivity contribution >= 4 is 10.9 Å². The second kappa shape index (κ2) is 5.30. The van der Waals surface area contributed by atoms with E-state index in [0.29, 0.717) is 6.04 Å². The molecule has 2 aromatic rings. The summed E-state index contributed by atoms with van der Waals surface area (Å²) < 4.78 is 2.21. The molecule has 2 heterocycles. The Bertz CT molecular complexity index is 663. The highest BCUT2D eigenvalue weighted by Crippen LogP contribution is 2.24. The molecule has 1 aliphatic rings. The average Bonchev–Trinajstić information content (AvgIpc) is 2.74. The van der Waals surface area contributed by atoms with Gasteiger partial charge in [-0.05, 0) is 32.3 Å². The SMILES string of the molecule is C[C@H]1CCCC[NH+]1Cc1c(C#N)c2ccccc2n1C. The number of para-hydroxylation sites is 1. The van der Waals surface area contributed by atoms with Crippen molar-refractivity contribution < 1.29 is 4.90 Å². The molecule has 0 saturated carbocycles. The van der Waals surface area contributed by atoms with Crippen LogP contribution in [0.1, 0.15) is 37.4 Å². The van der Waals surface area contributed by atoms with E-state index >= 15 is 0 Å². The van der Waals surface area contributed by atoms with Crippen LogP contribution in [0.5, 0.6) is 0 Å². The Morgan fingerprint density at radius 3 is 2.90 bits per heavy atom. The van der Waals surface area contributed by atoms with Crippen LogP contribution in [0.3, 0.4) is 0 Å². The van der Waals surface area contributed by atoms with Crippen molar-refractivity contribution in [1.29, 1.82) is 5.26 Å². The number of aryl methyl sites for hydroxylation is 1. The largest absolute Gasteiger partial charge is 0.342 e. The third-order valence-corrected chi connectivity index (χ3v) is 4.82. The van der Waals surface area contributed by atoms with Crippen molar-refractivity contribution in [2.45, 2.75) is 38.8 Å². The van der Waals surface area contributed by atoms with Crippen molar-refractivity contribution in [3.05, 3.63) is 35.5 Å². The number of hydrogen-bond acceptors (Lipinski definition) is 1. The zero-order valence-corrected chi connectivity index (χ0v) is 12.3. The van der Waals surface area contributed by atoms with E-state index in [2.05, 4.69) is 36.7 Å². The van der Waals surface area contributed by atoms with Gasteiger partial charge in [-0.15, -0.1) is 0 Å². The molecule has 1 aromatic carbocycles. The molecule has 1 unspecified atom stereocenters. The molecule has 0 aliphatic carbocycles. The van der Waals surface area contributed by atoms with Crippen molar-refractivity contribution in [1.82, 2.24) is 4.57 Å². The Balaban J connectivity index is 2.03. The topological polar surface area (TPSA) is 33.2 Å². The summed E-state index contributed by atoms with van der Waals surface area (Å²) in [4.78, 5) is 1.62. The first kappa shape index (κ1) is 13.2. The lowest BCUT2D eigenvalue weighted by Gasteiger charge is -2.30. The van der Waals surface area contributed by atoms with Gasteiger partial charge in [0.1, 0.15) is 12.6 Å². The predicted molar refractivity (Wildman–Crippen MR) is 80.5 cm³/mol. The molecular weight excluding hydrogens is 246 g/mol. The molecule has 1 aromatic heterocycles. The Morgan fingerprint density at radius 2 is 2.15 bits per heavy atom. The Morgan fingerprint density at radius 1 is 1.35 bits per heavy atom. The molecule has 20 heavy (non-hydrogen) atoms. The molecule has 0 bridgehead atoms. The van der Waals surface area contributed by atoms with E-state index < -0.39 is 0 Å². The lowest BCUT2D eigenvalue weighted by Crippen LogP contribution is -3.15. The Labute approximate surface area is 120 Å². The molecule has 2 atom stereocenters. The number of hydrogen-bond donors (Lipinski definition) is 1. The second-order valence-corrected chi connectivity index (χ2v) is 5.99. The van der Waals surface area contributed by atoms with Gasteiger partial charge < -0.3 is 9.47 Å². The van der Waals surface area contributed by atoms with E-state index in [-0.39, 0.29) is 0 Å². The van der Waals surface area contributed by atoms with Crippen LogP contribution in [0, 0.1) is 11.3 Å². The maximum atomic E-state index is 9.55. The number of piperidine rings is 1. The molecule has 0 radical (unpaired) electrons. The van der Waals surface area contributed by atoms with Crippen LogP contribution in [0.2, 0.25) is 0 Å². The van der Waals surface area contributed by atoms with Crippen molar-refractivity contribution in [3.63, 3.8) is 0 Å². The van der Waals surface area contributed by atoms with Gasteiger partial charge in [0.05, 0.1) is 23.8 Å². The number of nitriles is 1. The minimum atomic E-state index is 0.702. The number of nitrogens with one attached hydrogen (secondary N) is 1. The zero-order valence-electron chi connectivity index (χ0n) is 12.3. The van der Waals surface area contributed by atoms with E-state index in [1.165, 1.54) is 37.0 Å². The van der Waals surface area contributed by atoms with Gasteiger partial charge in [-0.2, -0.15) is 5.26 Å². The van der Waals surface area contributed by atoms with Gasteiger partial charge >= 0.3 is 0 Å². The molecule has 3 nitrogen and oxygen atoms in total. The number of likely N-dealkylation sites (tertiary alicyclic amines) is 1. The maximum Gasteiger partial charge on any atom is 0.120 e. The molecule has 1 fully saturated rings. The fraction of sp³-hybridized carbons (Fsp3) is 0.471. The lowest BCUT2D eigenvalue weighted by atomic mass is 10.0. The minimum absolute atomic E-state index is 0.702. The van der Waals surface area contributed by atoms with Crippen LogP contribution in [0.25, 0.3) is 10.9 Å². The molecule has 104 valence electrons. The average molecular weight is 268 g/mol. The summed E-state index contributed by atoms with van der Waals surface area (Å²) in [6.45, 7) is 4.53. The monoisotopic (exact) mass is 268 g/mol. The number of fused-ring (bicyclic) bond motifs is 1. The molecule has 1 saturated heterocycles. The molecule has 1 aliphatic heterocycles. The van der Waals surface area contributed by atoms with E-state index in [1.54, 1.807) is 4.90 Å². The fourth-order valence-electron chi connectivity index (χ4n) is 3.51. The van der Waals surface area contributed by atoms with Gasteiger partial charge in [-0.3, -0.25) is 0 Å². The smallest absolute Gasteiger partial charge is 0.120 e. The molecule has 0 spiro atoms. The van der Waals surface area contributed by atoms with Crippen molar-refractivity contribution in [2.24, 2.45) is 7.05 Å². The highest BCUT2D eigenvalue weighted by Gasteiger charge is 2.25. The van der Waals surface area contributed by atoms with E-state index in [0.717, 1.165) is 17.5 Å². The van der Waals surface area contributed by atoms with Gasteiger partial charge in [0.15, 0.2) is 0 Å². The summed E-state index contributed by atoms with van der Waals surface area (Å²) in [6, 6.07) is 11.4. The normalized spacial score (nSPS) is 22.9. The minimum Gasteiger partial charge on any atom is -0.342 e. The van der Waals surface area contributed by atoms with Gasteiger partial charge in [0, 0.05) is 18.0 Å². The highest BCUT2D eigenvalue weighted by atomic mass is 15.2. The van der Waals surface area contributed by atoms with Gasteiger partial charge in [0.25, 0.3) is 0 Å². The van der Waals surface area contributed by atoms with Crippen LogP contribution in [-0.4, -0.2) is 17.2 Å². The highest BCUT2D eigenvalue weighted by molar-refractivity contribution is 5.87. The number of aromatic nitrogens is 1. The van der Waals surface area contributed by atoms with E-state index in [9.17, 15) is 5.26 Å². The quantitative estimate of drug-likeness (QED) is 0.888. The molecule has 3 heteroatoms. The van der Waals surface area contributed by atoms with Crippen LogP contribution >= 0.6 is 0 Å². The maximum absolute atomic E-state index is 9.55. The summed E-state index contributed by atoms with van der Waals surface area (Å²) in [7, 11) is 2.09. The first-order valence-corrected chi connectivity index (χ1v) is 7.53. The summed E-state index contributed by atoms with van der Waals surface area (Å²) in [6.07, 6.45) is 3.97. The summed E-state index contributed by atoms with van der Waals surface area (Å²) in [5, 5.41) is 10.6. The fourth-order valence-corrected chi connectivity index (χ4v) is 3.51. The van der Waals surface area contributed by atoms with Gasteiger partial charge in [-0.25, -0.2) is 0 Å². The third-order valence-electron chi connectivity index (χ3n) is 4.82. The standard InChI is InChI=1S/C17H21N3/c1-13-7-5-6-10-20(13)12-17-15(11-18)14-8-3-4-9-16(14)19(17)2/h3-4,8-9,13H,5-7,10,12H2,1-2H3/p+1/t13-/m0/s1. The van der Waals surface area contributed by atoms with Gasteiger partial charge in [-0.1, -0.05) is 18.2 Å². The summed E-state index contributed by atoms with van der Waals surface area (Å²) in [5.74, 6) is 0. The second-order valence-electron chi connectivity index (χ2n) is 5.99. The first-order chi connectivity index (χ1) is 9.72. The Kier molecular flexibility index (Phi) is 3.50. The van der Waals surface area contributed by atoms with Crippen LogP contribution in [0.4, 0.5) is 0 Å². The summed E-state index contributed by atoms with van der Waals surface area (Å²) in [5.41, 5.74) is 3.23. The third kappa shape index (κ3) is 2.10. The number of rotatable bonds is 2. The number of quaternary nitrogens is 1. The molecule has 0 amide bonds. The molecule has 3 rings (SSSR count). The van der Waals surface area contributed by atoms with Crippen LogP contribution < -0.4 is 4.90 Å². The van der Waals surface area contributed by atoms with Crippen LogP contribution in [0.15, 0.2) is 24.3 Å². The first-order valence-electron chi connectivity index (χ1n) is 7.53.